The van der Waals surface area contributed by atoms with Gasteiger partial charge in [-0.25, -0.2) is 0 Å². The first-order chi connectivity index (χ1) is 14.8. The van der Waals surface area contributed by atoms with Crippen LogP contribution in [0, 0.1) is 10.1 Å². The van der Waals surface area contributed by atoms with Crippen molar-refractivity contribution in [3.05, 3.63) is 103 Å². The van der Waals surface area contributed by atoms with Gasteiger partial charge in [-0.1, -0.05) is 41.4 Å². The summed E-state index contributed by atoms with van der Waals surface area (Å²) in [5.74, 6) is -0.680. The predicted octanol–water partition coefficient (Wildman–Crippen LogP) is 5.93. The number of fused-ring (bicyclic) bond motifs is 1. The topological polar surface area (TPSA) is 102 Å². The maximum atomic E-state index is 13.2. The summed E-state index contributed by atoms with van der Waals surface area (Å²) in [4.78, 5) is 36.2. The molecule has 0 bridgehead atoms. The molecule has 0 saturated carbocycles. The number of benzene rings is 3. The summed E-state index contributed by atoms with van der Waals surface area (Å²) in [6, 6.07) is 16.3. The van der Waals surface area contributed by atoms with Crippen LogP contribution in [0.3, 0.4) is 0 Å². The van der Waals surface area contributed by atoms with Crippen molar-refractivity contribution in [1.29, 1.82) is 0 Å². The molecule has 0 unspecified atom stereocenters. The van der Waals surface area contributed by atoms with E-state index in [1.807, 2.05) is 0 Å². The van der Waals surface area contributed by atoms with Crippen LogP contribution in [0.4, 0.5) is 11.6 Å². The molecule has 0 spiro atoms. The molecule has 1 amide bonds. The van der Waals surface area contributed by atoms with Gasteiger partial charge in [-0.2, -0.15) is 0 Å². The van der Waals surface area contributed by atoms with E-state index in [2.05, 4.69) is 5.32 Å². The molecule has 1 heterocycles. The zero-order valence-corrected chi connectivity index (χ0v) is 17.1. The van der Waals surface area contributed by atoms with Gasteiger partial charge in [-0.15, -0.1) is 0 Å². The number of nitrogens with one attached hydrogen (secondary N) is 1. The Morgan fingerprint density at radius 2 is 1.68 bits per heavy atom. The number of hydrogen-bond donors (Lipinski definition) is 1. The zero-order valence-electron chi connectivity index (χ0n) is 15.6. The van der Waals surface area contributed by atoms with Gasteiger partial charge in [0.25, 0.3) is 11.6 Å². The second kappa shape index (κ2) is 8.22. The van der Waals surface area contributed by atoms with E-state index in [0.717, 1.165) is 0 Å². The first-order valence-corrected chi connectivity index (χ1v) is 9.68. The lowest BCUT2D eigenvalue weighted by atomic mass is 10.0. The first kappa shape index (κ1) is 20.6. The molecule has 0 fully saturated rings. The van der Waals surface area contributed by atoms with E-state index in [9.17, 15) is 19.7 Å². The van der Waals surface area contributed by atoms with Crippen LogP contribution >= 0.6 is 23.2 Å². The number of amides is 1. The molecule has 31 heavy (non-hydrogen) atoms. The Hall–Kier alpha value is -3.68. The summed E-state index contributed by atoms with van der Waals surface area (Å²) in [6.45, 7) is 0. The Labute approximate surface area is 185 Å². The third-order valence-electron chi connectivity index (χ3n) is 4.57. The fourth-order valence-electron chi connectivity index (χ4n) is 3.05. The summed E-state index contributed by atoms with van der Waals surface area (Å²) in [5.41, 5.74) is 0.446. The number of halogens is 2. The summed E-state index contributed by atoms with van der Waals surface area (Å²) in [7, 11) is 0. The van der Waals surface area contributed by atoms with Crippen LogP contribution in [-0.2, 0) is 0 Å². The van der Waals surface area contributed by atoms with Crippen molar-refractivity contribution in [2.45, 2.75) is 0 Å². The van der Waals surface area contributed by atoms with E-state index in [4.69, 9.17) is 27.6 Å². The Balaban J connectivity index is 1.84. The van der Waals surface area contributed by atoms with Crippen LogP contribution < -0.4 is 10.7 Å². The van der Waals surface area contributed by atoms with Crippen LogP contribution in [0.15, 0.2) is 75.9 Å². The highest BCUT2D eigenvalue weighted by molar-refractivity contribution is 6.42. The number of hydrogen-bond acceptors (Lipinski definition) is 5. The van der Waals surface area contributed by atoms with Crippen molar-refractivity contribution < 1.29 is 14.1 Å². The number of anilines is 1. The van der Waals surface area contributed by atoms with Crippen molar-refractivity contribution in [2.24, 2.45) is 0 Å². The molecule has 0 radical (unpaired) electrons. The fourth-order valence-corrected chi connectivity index (χ4v) is 3.35. The van der Waals surface area contributed by atoms with Gasteiger partial charge < -0.3 is 4.42 Å². The molecule has 0 aliphatic carbocycles. The second-order valence-corrected chi connectivity index (χ2v) is 7.33. The maximum Gasteiger partial charge on any atom is 0.269 e. The molecule has 7 nitrogen and oxygen atoms in total. The number of rotatable bonds is 4. The highest BCUT2D eigenvalue weighted by atomic mass is 35.5. The zero-order chi connectivity index (χ0) is 22.1. The lowest BCUT2D eigenvalue weighted by Crippen LogP contribution is -2.16. The van der Waals surface area contributed by atoms with Crippen LogP contribution in [0.5, 0.6) is 0 Å². The van der Waals surface area contributed by atoms with Gasteiger partial charge in [0.1, 0.15) is 5.58 Å². The third kappa shape index (κ3) is 4.01. The van der Waals surface area contributed by atoms with E-state index >= 15 is 0 Å². The minimum Gasteiger partial charge on any atom is -0.439 e. The molecular formula is C22H12Cl2N2O5. The van der Waals surface area contributed by atoms with Gasteiger partial charge in [0.15, 0.2) is 0 Å². The molecule has 0 atom stereocenters. The summed E-state index contributed by atoms with van der Waals surface area (Å²) in [5, 5.41) is 14.3. The quantitative estimate of drug-likeness (QED) is 0.304. The molecule has 0 aliphatic heterocycles. The molecular weight excluding hydrogens is 443 g/mol. The Morgan fingerprint density at radius 1 is 0.968 bits per heavy atom. The smallest absolute Gasteiger partial charge is 0.269 e. The average molecular weight is 455 g/mol. The molecule has 3 aromatic carbocycles. The van der Waals surface area contributed by atoms with Gasteiger partial charge in [0, 0.05) is 17.7 Å². The molecule has 4 aromatic rings. The van der Waals surface area contributed by atoms with Gasteiger partial charge in [0.2, 0.25) is 11.3 Å². The largest absolute Gasteiger partial charge is 0.439 e. The molecule has 1 aromatic heterocycles. The number of non-ortho nitro benzene ring substituents is 1. The average Bonchev–Trinajstić information content (AvgIpc) is 2.76. The standard InChI is InChI=1S/C22H12Cl2N2O5/c23-16-10-7-13(11-17(16)24)19-20(27)15-3-1-2-4-18(15)31-22(19)25-21(28)12-5-8-14(9-6-12)26(29)30/h1-11H,(H,25,28). The van der Waals surface area contributed by atoms with Crippen LogP contribution in [0.2, 0.25) is 10.0 Å². The van der Waals surface area contributed by atoms with Crippen molar-refractivity contribution in [3.8, 4) is 11.1 Å². The monoisotopic (exact) mass is 454 g/mol. The Morgan fingerprint density at radius 3 is 2.35 bits per heavy atom. The minimum absolute atomic E-state index is 0.0783. The summed E-state index contributed by atoms with van der Waals surface area (Å²) in [6.07, 6.45) is 0. The molecule has 154 valence electrons. The Kier molecular flexibility index (Phi) is 5.46. The molecule has 9 heteroatoms. The van der Waals surface area contributed by atoms with Crippen molar-refractivity contribution in [2.75, 3.05) is 5.32 Å². The first-order valence-electron chi connectivity index (χ1n) is 8.92. The third-order valence-corrected chi connectivity index (χ3v) is 5.31. The Bertz CT molecular complexity index is 1400. The molecule has 0 aliphatic rings. The lowest BCUT2D eigenvalue weighted by Gasteiger charge is -2.12. The van der Waals surface area contributed by atoms with Gasteiger partial charge >= 0.3 is 0 Å². The number of nitrogens with zero attached hydrogens (tertiary/aromatic N) is 1. The van der Waals surface area contributed by atoms with Crippen molar-refractivity contribution in [1.82, 2.24) is 0 Å². The van der Waals surface area contributed by atoms with Gasteiger partial charge in [0.05, 0.1) is 25.9 Å². The van der Waals surface area contributed by atoms with Gasteiger partial charge in [-0.05, 0) is 42.0 Å². The lowest BCUT2D eigenvalue weighted by molar-refractivity contribution is -0.384. The van der Waals surface area contributed by atoms with E-state index < -0.39 is 10.8 Å². The van der Waals surface area contributed by atoms with Crippen LogP contribution in [-0.4, -0.2) is 10.8 Å². The number of carbonyl (C=O) groups is 1. The highest BCUT2D eigenvalue weighted by Crippen LogP contribution is 2.33. The number of para-hydroxylation sites is 1. The molecule has 1 N–H and O–H groups in total. The van der Waals surface area contributed by atoms with Crippen molar-refractivity contribution >= 4 is 51.6 Å². The number of carbonyl (C=O) groups excluding carboxylic acids is 1. The minimum atomic E-state index is -0.602. The highest BCUT2D eigenvalue weighted by Gasteiger charge is 2.20. The van der Waals surface area contributed by atoms with E-state index in [-0.39, 0.29) is 38.7 Å². The fraction of sp³-hybridized carbons (Fsp3) is 0. The van der Waals surface area contributed by atoms with E-state index in [1.165, 1.54) is 36.4 Å². The summed E-state index contributed by atoms with van der Waals surface area (Å²) >= 11 is 12.1. The molecule has 4 rings (SSSR count). The summed E-state index contributed by atoms with van der Waals surface area (Å²) < 4.78 is 5.84. The number of nitro benzene ring substituents is 1. The number of nitro groups is 1. The maximum absolute atomic E-state index is 13.2. The van der Waals surface area contributed by atoms with E-state index in [0.29, 0.717) is 16.0 Å². The van der Waals surface area contributed by atoms with Gasteiger partial charge in [-0.3, -0.25) is 25.0 Å². The second-order valence-electron chi connectivity index (χ2n) is 6.52. The normalized spacial score (nSPS) is 10.8. The van der Waals surface area contributed by atoms with Crippen LogP contribution in [0.1, 0.15) is 10.4 Å². The predicted molar refractivity (Wildman–Crippen MR) is 119 cm³/mol. The van der Waals surface area contributed by atoms with E-state index in [1.54, 1.807) is 30.3 Å². The SMILES string of the molecule is O=C(Nc1oc2ccccc2c(=O)c1-c1ccc(Cl)c(Cl)c1)c1ccc([N+](=O)[O-])cc1. The van der Waals surface area contributed by atoms with Crippen molar-refractivity contribution in [3.63, 3.8) is 0 Å². The molecule has 0 saturated heterocycles. The van der Waals surface area contributed by atoms with Crippen LogP contribution in [0.25, 0.3) is 22.1 Å².